The van der Waals surface area contributed by atoms with Gasteiger partial charge >= 0.3 is 0 Å². The van der Waals surface area contributed by atoms with E-state index in [1.165, 1.54) is 24.4 Å². The first-order valence-corrected chi connectivity index (χ1v) is 5.92. The first-order valence-electron chi connectivity index (χ1n) is 4.79. The quantitative estimate of drug-likeness (QED) is 0.596. The van der Waals surface area contributed by atoms with Crippen molar-refractivity contribution >= 4 is 41.1 Å². The molecular weight excluding hydrogens is 299 g/mol. The Morgan fingerprint density at radius 3 is 2.28 bits per heavy atom. The maximum atomic E-state index is 13.8. The second-order valence-electron chi connectivity index (χ2n) is 3.43. The van der Waals surface area contributed by atoms with Gasteiger partial charge < -0.3 is 0 Å². The van der Waals surface area contributed by atoms with Gasteiger partial charge in [0.15, 0.2) is 6.29 Å². The third-order valence-electron chi connectivity index (χ3n) is 2.32. The number of pyridine rings is 1. The number of carbonyl (C=O) groups excluding carboxylic acids is 1. The van der Waals surface area contributed by atoms with E-state index in [0.29, 0.717) is 11.3 Å². The van der Waals surface area contributed by atoms with Crippen molar-refractivity contribution in [2.45, 2.75) is 0 Å². The lowest BCUT2D eigenvalue weighted by atomic mass is 10.0. The minimum atomic E-state index is -0.814. The van der Waals surface area contributed by atoms with Crippen molar-refractivity contribution in [1.82, 2.24) is 4.98 Å². The highest BCUT2D eigenvalue weighted by Gasteiger charge is 2.18. The van der Waals surface area contributed by atoms with Crippen LogP contribution < -0.4 is 0 Å². The summed E-state index contributed by atoms with van der Waals surface area (Å²) in [4.78, 5) is 14.4. The van der Waals surface area contributed by atoms with E-state index in [1.54, 1.807) is 0 Å². The van der Waals surface area contributed by atoms with Gasteiger partial charge in [-0.25, -0.2) is 4.98 Å². The monoisotopic (exact) mass is 303 g/mol. The lowest BCUT2D eigenvalue weighted by Crippen LogP contribution is -1.96. The van der Waals surface area contributed by atoms with Crippen molar-refractivity contribution in [3.05, 3.63) is 51.0 Å². The summed E-state index contributed by atoms with van der Waals surface area (Å²) >= 11 is 17.8. The molecule has 0 unspecified atom stereocenters. The van der Waals surface area contributed by atoms with E-state index in [9.17, 15) is 9.18 Å². The molecule has 0 saturated heterocycles. The standard InChI is InChI=1S/C12H5Cl3FNO/c13-7-3-8(14)11(9(15)4-7)10-6(5-18)1-2-17-12(10)16/h1-5H. The topological polar surface area (TPSA) is 30.0 Å². The van der Waals surface area contributed by atoms with Crippen molar-refractivity contribution in [3.8, 4) is 11.1 Å². The molecule has 1 heterocycles. The van der Waals surface area contributed by atoms with Crippen LogP contribution >= 0.6 is 34.8 Å². The van der Waals surface area contributed by atoms with Gasteiger partial charge in [-0.3, -0.25) is 4.79 Å². The Morgan fingerprint density at radius 2 is 1.72 bits per heavy atom. The molecule has 1 aromatic heterocycles. The van der Waals surface area contributed by atoms with Crippen LogP contribution in [0.4, 0.5) is 4.39 Å². The van der Waals surface area contributed by atoms with Gasteiger partial charge in [0, 0.05) is 22.3 Å². The van der Waals surface area contributed by atoms with E-state index in [1.807, 2.05) is 0 Å². The number of hydrogen-bond acceptors (Lipinski definition) is 2. The van der Waals surface area contributed by atoms with E-state index < -0.39 is 5.95 Å². The van der Waals surface area contributed by atoms with Crippen LogP contribution in [-0.4, -0.2) is 11.3 Å². The molecular formula is C12H5Cl3FNO. The van der Waals surface area contributed by atoms with Crippen LogP contribution in [-0.2, 0) is 0 Å². The summed E-state index contributed by atoms with van der Waals surface area (Å²) in [5, 5.41) is 0.635. The normalized spacial score (nSPS) is 10.4. The molecule has 0 aliphatic heterocycles. The second kappa shape index (κ2) is 5.22. The Balaban J connectivity index is 2.81. The van der Waals surface area contributed by atoms with Gasteiger partial charge in [-0.1, -0.05) is 34.8 Å². The first-order chi connectivity index (χ1) is 8.54. The Hall–Kier alpha value is -1.16. The molecule has 0 N–H and O–H groups in total. The van der Waals surface area contributed by atoms with E-state index in [4.69, 9.17) is 34.8 Å². The van der Waals surface area contributed by atoms with Crippen molar-refractivity contribution in [1.29, 1.82) is 0 Å². The fraction of sp³-hybridized carbons (Fsp3) is 0. The third kappa shape index (κ3) is 2.34. The number of aromatic nitrogens is 1. The van der Waals surface area contributed by atoms with Crippen LogP contribution in [0.15, 0.2) is 24.4 Å². The summed E-state index contributed by atoms with van der Waals surface area (Å²) in [5.74, 6) is -0.814. The van der Waals surface area contributed by atoms with Crippen molar-refractivity contribution in [2.75, 3.05) is 0 Å². The van der Waals surface area contributed by atoms with Crippen LogP contribution in [0.25, 0.3) is 11.1 Å². The summed E-state index contributed by atoms with van der Waals surface area (Å²) in [6.07, 6.45) is 1.71. The molecule has 0 aliphatic carbocycles. The van der Waals surface area contributed by atoms with E-state index >= 15 is 0 Å². The molecule has 92 valence electrons. The summed E-state index contributed by atoms with van der Waals surface area (Å²) in [5.41, 5.74) is 0.295. The highest BCUT2D eigenvalue weighted by molar-refractivity contribution is 6.42. The molecule has 0 spiro atoms. The van der Waals surface area contributed by atoms with Gasteiger partial charge in [-0.15, -0.1) is 0 Å². The molecule has 18 heavy (non-hydrogen) atoms. The zero-order valence-corrected chi connectivity index (χ0v) is 11.0. The minimum Gasteiger partial charge on any atom is -0.298 e. The molecule has 0 radical (unpaired) electrons. The first kappa shape index (κ1) is 13.3. The number of nitrogens with zero attached hydrogens (tertiary/aromatic N) is 1. The predicted octanol–water partition coefficient (Wildman–Crippen LogP) is 4.66. The zero-order chi connectivity index (χ0) is 13.3. The molecule has 0 aliphatic rings. The Kier molecular flexibility index (Phi) is 3.85. The second-order valence-corrected chi connectivity index (χ2v) is 4.68. The lowest BCUT2D eigenvalue weighted by molar-refractivity contribution is 0.112. The highest BCUT2D eigenvalue weighted by Crippen LogP contribution is 2.39. The molecule has 1 aromatic carbocycles. The molecule has 6 heteroatoms. The summed E-state index contributed by atoms with van der Waals surface area (Å²) in [6, 6.07) is 4.23. The van der Waals surface area contributed by atoms with Crippen molar-refractivity contribution < 1.29 is 9.18 Å². The number of hydrogen-bond donors (Lipinski definition) is 0. The van der Waals surface area contributed by atoms with Crippen molar-refractivity contribution in [3.63, 3.8) is 0 Å². The third-order valence-corrected chi connectivity index (χ3v) is 3.14. The largest absolute Gasteiger partial charge is 0.298 e. The molecule has 2 rings (SSSR count). The fourth-order valence-electron chi connectivity index (χ4n) is 1.58. The predicted molar refractivity (Wildman–Crippen MR) is 70.0 cm³/mol. The lowest BCUT2D eigenvalue weighted by Gasteiger charge is -2.10. The van der Waals surface area contributed by atoms with Gasteiger partial charge in [0.2, 0.25) is 5.95 Å². The summed E-state index contributed by atoms with van der Waals surface area (Å²) < 4.78 is 13.8. The Morgan fingerprint density at radius 1 is 1.11 bits per heavy atom. The van der Waals surface area contributed by atoms with Crippen LogP contribution in [0.3, 0.4) is 0 Å². The van der Waals surface area contributed by atoms with Gasteiger partial charge in [0.1, 0.15) is 0 Å². The minimum absolute atomic E-state index is 0.0285. The molecule has 0 saturated carbocycles. The zero-order valence-electron chi connectivity index (χ0n) is 8.75. The van der Waals surface area contributed by atoms with Gasteiger partial charge in [0.25, 0.3) is 0 Å². The number of halogens is 4. The number of aldehydes is 1. The van der Waals surface area contributed by atoms with Crippen LogP contribution in [0, 0.1) is 5.95 Å². The Bertz CT molecular complexity index is 608. The Labute approximate surface area is 117 Å². The maximum Gasteiger partial charge on any atom is 0.221 e. The summed E-state index contributed by atoms with van der Waals surface area (Å²) in [7, 11) is 0. The van der Waals surface area contributed by atoms with Crippen LogP contribution in [0.1, 0.15) is 10.4 Å². The number of benzene rings is 1. The molecule has 2 aromatic rings. The molecule has 0 bridgehead atoms. The van der Waals surface area contributed by atoms with Gasteiger partial charge in [-0.2, -0.15) is 4.39 Å². The van der Waals surface area contributed by atoms with Crippen molar-refractivity contribution in [2.24, 2.45) is 0 Å². The SMILES string of the molecule is O=Cc1ccnc(F)c1-c1c(Cl)cc(Cl)cc1Cl. The van der Waals surface area contributed by atoms with Crippen LogP contribution in [0.2, 0.25) is 15.1 Å². The van der Waals surface area contributed by atoms with Crippen LogP contribution in [0.5, 0.6) is 0 Å². The molecule has 2 nitrogen and oxygen atoms in total. The average Bonchev–Trinajstić information content (AvgIpc) is 2.29. The molecule has 0 atom stereocenters. The molecule has 0 amide bonds. The van der Waals surface area contributed by atoms with Gasteiger partial charge in [0.05, 0.1) is 15.6 Å². The van der Waals surface area contributed by atoms with E-state index in [0.717, 1.165) is 0 Å². The maximum absolute atomic E-state index is 13.8. The van der Waals surface area contributed by atoms with E-state index in [-0.39, 0.29) is 26.7 Å². The number of rotatable bonds is 2. The molecule has 0 fully saturated rings. The highest BCUT2D eigenvalue weighted by atomic mass is 35.5. The smallest absolute Gasteiger partial charge is 0.221 e. The van der Waals surface area contributed by atoms with Gasteiger partial charge in [-0.05, 0) is 18.2 Å². The summed E-state index contributed by atoms with van der Waals surface area (Å²) in [6.45, 7) is 0. The number of carbonyl (C=O) groups is 1. The fourth-order valence-corrected chi connectivity index (χ4v) is 2.58. The average molecular weight is 305 g/mol. The van der Waals surface area contributed by atoms with E-state index in [2.05, 4.69) is 4.98 Å².